The van der Waals surface area contributed by atoms with Crippen LogP contribution in [0.4, 0.5) is 5.69 Å². The monoisotopic (exact) mass is 265 g/mol. The van der Waals surface area contributed by atoms with Crippen LogP contribution in [0.5, 0.6) is 0 Å². The summed E-state index contributed by atoms with van der Waals surface area (Å²) in [4.78, 5) is 12.3. The molecular weight excluding hydrogens is 246 g/mol. The summed E-state index contributed by atoms with van der Waals surface area (Å²) in [7, 11) is 0. The average Bonchev–Trinajstić information content (AvgIpc) is 2.53. The van der Waals surface area contributed by atoms with Gasteiger partial charge in [0.05, 0.1) is 0 Å². The van der Waals surface area contributed by atoms with E-state index in [4.69, 9.17) is 0 Å². The third-order valence-corrected chi connectivity index (χ3v) is 3.85. The molecule has 102 valence electrons. The van der Waals surface area contributed by atoms with Crippen LogP contribution in [0.25, 0.3) is 0 Å². The Bertz CT molecular complexity index is 604. The van der Waals surface area contributed by atoms with Crippen LogP contribution in [0.3, 0.4) is 0 Å². The molecular formula is C18H19NO. The van der Waals surface area contributed by atoms with Gasteiger partial charge in [-0.2, -0.15) is 0 Å². The highest BCUT2D eigenvalue weighted by atomic mass is 16.1. The second-order valence-electron chi connectivity index (χ2n) is 5.31. The normalized spacial score (nSPS) is 13.4. The van der Waals surface area contributed by atoms with Crippen molar-refractivity contribution >= 4 is 11.5 Å². The summed E-state index contributed by atoms with van der Waals surface area (Å²) >= 11 is 0. The number of carbonyl (C=O) groups is 1. The maximum Gasteiger partial charge on any atom is 0.163 e. The standard InChI is InChI=1S/C18H19NO/c20-18(11-8-14-5-2-1-3-6-14)16-9-10-17-15(13-16)7-4-12-19-17/h1-3,5-6,9-10,13,19H,4,7-8,11-12H2. The number of ketones is 1. The van der Waals surface area contributed by atoms with Crippen molar-refractivity contribution in [1.29, 1.82) is 0 Å². The number of Topliss-reactive ketones (excluding diaryl/α,β-unsaturated/α-hetero) is 1. The van der Waals surface area contributed by atoms with E-state index in [9.17, 15) is 4.79 Å². The number of hydrogen-bond donors (Lipinski definition) is 1. The molecule has 3 rings (SSSR count). The van der Waals surface area contributed by atoms with Gasteiger partial charge in [-0.3, -0.25) is 4.79 Å². The van der Waals surface area contributed by atoms with Gasteiger partial charge in [-0.15, -0.1) is 0 Å². The van der Waals surface area contributed by atoms with Crippen LogP contribution in [0.15, 0.2) is 48.5 Å². The van der Waals surface area contributed by atoms with Crippen LogP contribution in [0, 0.1) is 0 Å². The molecule has 0 saturated carbocycles. The lowest BCUT2D eigenvalue weighted by Gasteiger charge is -2.18. The van der Waals surface area contributed by atoms with E-state index in [1.165, 1.54) is 16.8 Å². The predicted octanol–water partition coefficient (Wildman–Crippen LogP) is 3.86. The van der Waals surface area contributed by atoms with Gasteiger partial charge in [-0.1, -0.05) is 30.3 Å². The molecule has 0 fully saturated rings. The number of benzene rings is 2. The fraction of sp³-hybridized carbons (Fsp3) is 0.278. The Morgan fingerprint density at radius 3 is 2.80 bits per heavy atom. The van der Waals surface area contributed by atoms with Crippen molar-refractivity contribution in [3.05, 3.63) is 65.2 Å². The van der Waals surface area contributed by atoms with Crippen molar-refractivity contribution in [1.82, 2.24) is 0 Å². The van der Waals surface area contributed by atoms with E-state index in [1.54, 1.807) is 0 Å². The highest BCUT2D eigenvalue weighted by Crippen LogP contribution is 2.23. The van der Waals surface area contributed by atoms with Gasteiger partial charge in [0, 0.05) is 24.2 Å². The quantitative estimate of drug-likeness (QED) is 0.850. The largest absolute Gasteiger partial charge is 0.385 e. The summed E-state index contributed by atoms with van der Waals surface area (Å²) in [5.74, 6) is 0.238. The van der Waals surface area contributed by atoms with E-state index in [2.05, 4.69) is 23.5 Å². The molecule has 2 heteroatoms. The number of rotatable bonds is 4. The molecule has 0 spiro atoms. The van der Waals surface area contributed by atoms with Crippen LogP contribution in [0.1, 0.15) is 34.3 Å². The first-order valence-corrected chi connectivity index (χ1v) is 7.27. The van der Waals surface area contributed by atoms with Crippen LogP contribution >= 0.6 is 0 Å². The number of fused-ring (bicyclic) bond motifs is 1. The van der Waals surface area contributed by atoms with E-state index in [0.29, 0.717) is 6.42 Å². The predicted molar refractivity (Wildman–Crippen MR) is 82.3 cm³/mol. The van der Waals surface area contributed by atoms with Gasteiger partial charge in [0.15, 0.2) is 5.78 Å². The fourth-order valence-electron chi connectivity index (χ4n) is 2.70. The van der Waals surface area contributed by atoms with Gasteiger partial charge in [0.25, 0.3) is 0 Å². The molecule has 0 aliphatic carbocycles. The highest BCUT2D eigenvalue weighted by molar-refractivity contribution is 5.96. The average molecular weight is 265 g/mol. The fourth-order valence-corrected chi connectivity index (χ4v) is 2.70. The zero-order chi connectivity index (χ0) is 13.8. The smallest absolute Gasteiger partial charge is 0.163 e. The third kappa shape index (κ3) is 2.90. The molecule has 2 nitrogen and oxygen atoms in total. The Kier molecular flexibility index (Phi) is 3.82. The van der Waals surface area contributed by atoms with E-state index in [1.807, 2.05) is 30.3 Å². The molecule has 0 saturated heterocycles. The molecule has 2 aromatic rings. The van der Waals surface area contributed by atoms with Crippen LogP contribution in [-0.2, 0) is 12.8 Å². The lowest BCUT2D eigenvalue weighted by atomic mass is 9.97. The van der Waals surface area contributed by atoms with E-state index in [0.717, 1.165) is 31.4 Å². The zero-order valence-electron chi connectivity index (χ0n) is 11.6. The van der Waals surface area contributed by atoms with Crippen molar-refractivity contribution in [2.45, 2.75) is 25.7 Å². The van der Waals surface area contributed by atoms with Gasteiger partial charge < -0.3 is 5.32 Å². The Balaban J connectivity index is 1.68. The molecule has 0 amide bonds. The van der Waals surface area contributed by atoms with E-state index >= 15 is 0 Å². The van der Waals surface area contributed by atoms with Gasteiger partial charge in [-0.05, 0) is 48.6 Å². The van der Waals surface area contributed by atoms with Crippen LogP contribution in [-0.4, -0.2) is 12.3 Å². The maximum atomic E-state index is 12.3. The Hall–Kier alpha value is -2.09. The molecule has 1 heterocycles. The number of nitrogens with one attached hydrogen (secondary N) is 1. The van der Waals surface area contributed by atoms with E-state index < -0.39 is 0 Å². The van der Waals surface area contributed by atoms with Gasteiger partial charge >= 0.3 is 0 Å². The van der Waals surface area contributed by atoms with Crippen molar-refractivity contribution in [2.24, 2.45) is 0 Å². The van der Waals surface area contributed by atoms with E-state index in [-0.39, 0.29) is 5.78 Å². The molecule has 2 aromatic carbocycles. The highest BCUT2D eigenvalue weighted by Gasteiger charge is 2.12. The van der Waals surface area contributed by atoms with Crippen molar-refractivity contribution in [3.63, 3.8) is 0 Å². The summed E-state index contributed by atoms with van der Waals surface area (Å²) in [6.07, 6.45) is 3.61. The Morgan fingerprint density at radius 2 is 1.95 bits per heavy atom. The summed E-state index contributed by atoms with van der Waals surface area (Å²) < 4.78 is 0. The molecule has 0 bridgehead atoms. The molecule has 0 atom stereocenters. The third-order valence-electron chi connectivity index (χ3n) is 3.85. The molecule has 0 unspecified atom stereocenters. The number of hydrogen-bond acceptors (Lipinski definition) is 2. The summed E-state index contributed by atoms with van der Waals surface area (Å²) in [6.45, 7) is 1.04. The van der Waals surface area contributed by atoms with Crippen molar-refractivity contribution in [2.75, 3.05) is 11.9 Å². The Labute approximate surface area is 119 Å². The zero-order valence-corrected chi connectivity index (χ0v) is 11.6. The Morgan fingerprint density at radius 1 is 1.10 bits per heavy atom. The van der Waals surface area contributed by atoms with Gasteiger partial charge in [0.2, 0.25) is 0 Å². The molecule has 1 N–H and O–H groups in total. The van der Waals surface area contributed by atoms with Crippen LogP contribution < -0.4 is 5.32 Å². The number of aryl methyl sites for hydroxylation is 2. The topological polar surface area (TPSA) is 29.1 Å². The second kappa shape index (κ2) is 5.91. The molecule has 0 aromatic heterocycles. The first kappa shape index (κ1) is 12.9. The summed E-state index contributed by atoms with van der Waals surface area (Å²) in [6, 6.07) is 16.2. The minimum atomic E-state index is 0.238. The lowest BCUT2D eigenvalue weighted by Crippen LogP contribution is -2.12. The second-order valence-corrected chi connectivity index (χ2v) is 5.31. The molecule has 0 radical (unpaired) electrons. The van der Waals surface area contributed by atoms with Gasteiger partial charge in [-0.25, -0.2) is 0 Å². The van der Waals surface area contributed by atoms with Crippen molar-refractivity contribution in [3.8, 4) is 0 Å². The lowest BCUT2D eigenvalue weighted by molar-refractivity contribution is 0.0983. The molecule has 1 aliphatic heterocycles. The number of carbonyl (C=O) groups excluding carboxylic acids is 1. The van der Waals surface area contributed by atoms with Gasteiger partial charge in [0.1, 0.15) is 0 Å². The maximum absolute atomic E-state index is 12.3. The summed E-state index contributed by atoms with van der Waals surface area (Å²) in [5, 5.41) is 3.38. The van der Waals surface area contributed by atoms with Crippen LogP contribution in [0.2, 0.25) is 0 Å². The first-order chi connectivity index (χ1) is 9.83. The summed E-state index contributed by atoms with van der Waals surface area (Å²) in [5.41, 5.74) is 4.54. The minimum Gasteiger partial charge on any atom is -0.385 e. The minimum absolute atomic E-state index is 0.238. The number of anilines is 1. The SMILES string of the molecule is O=C(CCc1ccccc1)c1ccc2c(c1)CCCN2. The molecule has 1 aliphatic rings. The first-order valence-electron chi connectivity index (χ1n) is 7.27. The molecule has 20 heavy (non-hydrogen) atoms. The van der Waals surface area contributed by atoms with Crippen molar-refractivity contribution < 1.29 is 4.79 Å².